The van der Waals surface area contributed by atoms with Gasteiger partial charge in [0.25, 0.3) is 0 Å². The number of esters is 1. The number of carbonyl (C=O) groups excluding carboxylic acids is 1. The third kappa shape index (κ3) is 3.83. The van der Waals surface area contributed by atoms with E-state index in [0.29, 0.717) is 5.56 Å². The van der Waals surface area contributed by atoms with E-state index in [1.807, 2.05) is 0 Å². The Labute approximate surface area is 95.9 Å². The lowest BCUT2D eigenvalue weighted by molar-refractivity contribution is -0.139. The van der Waals surface area contributed by atoms with E-state index >= 15 is 0 Å². The Hall–Kier alpha value is -1.16. The predicted molar refractivity (Wildman–Crippen MR) is 59.8 cm³/mol. The zero-order valence-corrected chi connectivity index (χ0v) is 9.75. The van der Waals surface area contributed by atoms with Crippen molar-refractivity contribution < 1.29 is 13.9 Å². The van der Waals surface area contributed by atoms with Crippen molar-refractivity contribution in [3.63, 3.8) is 0 Å². The quantitative estimate of drug-likeness (QED) is 0.791. The summed E-state index contributed by atoms with van der Waals surface area (Å²) in [5, 5.41) is 0. The fourth-order valence-electron chi connectivity index (χ4n) is 1.01. The van der Waals surface area contributed by atoms with Crippen molar-refractivity contribution in [2.24, 2.45) is 0 Å². The molecule has 0 saturated carbocycles. The molecule has 80 valence electrons. The van der Waals surface area contributed by atoms with Gasteiger partial charge in [-0.1, -0.05) is 28.1 Å². The molecule has 1 aromatic carbocycles. The van der Waals surface area contributed by atoms with Crippen LogP contribution in [0.2, 0.25) is 0 Å². The molecule has 0 spiro atoms. The van der Waals surface area contributed by atoms with Gasteiger partial charge in [-0.2, -0.15) is 0 Å². The monoisotopic (exact) mass is 272 g/mol. The van der Waals surface area contributed by atoms with Gasteiger partial charge >= 0.3 is 5.97 Å². The smallest absolute Gasteiger partial charge is 0.309 e. The molecule has 2 nitrogen and oxygen atoms in total. The Morgan fingerprint density at radius 1 is 1.60 bits per heavy atom. The maximum Gasteiger partial charge on any atom is 0.309 e. The van der Waals surface area contributed by atoms with E-state index in [1.165, 1.54) is 19.2 Å². The van der Waals surface area contributed by atoms with E-state index in [-0.39, 0.29) is 18.2 Å². The number of benzene rings is 1. The number of methoxy groups -OCH3 is 1. The number of carbonyl (C=O) groups is 1. The molecule has 0 aliphatic heterocycles. The maximum absolute atomic E-state index is 12.9. The minimum absolute atomic E-state index is 0.180. The highest BCUT2D eigenvalue weighted by molar-refractivity contribution is 9.10. The molecule has 1 rings (SSSR count). The van der Waals surface area contributed by atoms with Crippen LogP contribution in [0, 0.1) is 5.82 Å². The van der Waals surface area contributed by atoms with E-state index in [4.69, 9.17) is 0 Å². The zero-order valence-electron chi connectivity index (χ0n) is 8.17. The minimum Gasteiger partial charge on any atom is -0.469 e. The first kappa shape index (κ1) is 11.9. The van der Waals surface area contributed by atoms with Crippen LogP contribution < -0.4 is 0 Å². The second-order valence-electron chi connectivity index (χ2n) is 2.85. The van der Waals surface area contributed by atoms with Crippen LogP contribution in [-0.2, 0) is 9.53 Å². The van der Waals surface area contributed by atoms with Crippen LogP contribution in [0.3, 0.4) is 0 Å². The number of hydrogen-bond donors (Lipinski definition) is 0. The van der Waals surface area contributed by atoms with E-state index in [1.54, 1.807) is 18.2 Å². The van der Waals surface area contributed by atoms with Gasteiger partial charge in [-0.05, 0) is 23.8 Å². The summed E-state index contributed by atoms with van der Waals surface area (Å²) >= 11 is 3.28. The summed E-state index contributed by atoms with van der Waals surface area (Å²) in [6.45, 7) is 0. The van der Waals surface area contributed by atoms with Crippen LogP contribution in [0.5, 0.6) is 0 Å². The second kappa shape index (κ2) is 5.66. The number of halogens is 2. The van der Waals surface area contributed by atoms with Gasteiger partial charge in [0.15, 0.2) is 0 Å². The standard InChI is InChI=1S/C11H10BrFO2/c1-15-11(14)4-2-3-8-7-9(13)5-6-10(8)12/h2-3,5-7H,4H2,1H3. The molecular weight excluding hydrogens is 263 g/mol. The molecule has 15 heavy (non-hydrogen) atoms. The van der Waals surface area contributed by atoms with Gasteiger partial charge in [0, 0.05) is 4.47 Å². The number of hydrogen-bond acceptors (Lipinski definition) is 2. The zero-order chi connectivity index (χ0) is 11.3. The molecule has 0 saturated heterocycles. The van der Waals surface area contributed by atoms with Crippen molar-refractivity contribution in [1.82, 2.24) is 0 Å². The van der Waals surface area contributed by atoms with E-state index < -0.39 is 0 Å². The second-order valence-corrected chi connectivity index (χ2v) is 3.70. The molecule has 0 bridgehead atoms. The highest BCUT2D eigenvalue weighted by Gasteiger charge is 1.99. The van der Waals surface area contributed by atoms with Crippen molar-refractivity contribution in [2.75, 3.05) is 7.11 Å². The molecule has 4 heteroatoms. The van der Waals surface area contributed by atoms with Crippen LogP contribution >= 0.6 is 15.9 Å². The summed E-state index contributed by atoms with van der Waals surface area (Å²) in [5.74, 6) is -0.630. The third-order valence-corrected chi connectivity index (χ3v) is 2.49. The Kier molecular flexibility index (Phi) is 4.49. The first-order valence-electron chi connectivity index (χ1n) is 4.32. The molecule has 0 amide bonds. The van der Waals surface area contributed by atoms with Crippen molar-refractivity contribution in [3.8, 4) is 0 Å². The third-order valence-electron chi connectivity index (χ3n) is 1.77. The summed E-state index contributed by atoms with van der Waals surface area (Å²) in [7, 11) is 1.33. The normalized spacial score (nSPS) is 10.6. The van der Waals surface area contributed by atoms with Gasteiger partial charge in [0.05, 0.1) is 13.5 Å². The fraction of sp³-hybridized carbons (Fsp3) is 0.182. The molecular formula is C11H10BrFO2. The average Bonchev–Trinajstić information content (AvgIpc) is 2.23. The van der Waals surface area contributed by atoms with Crippen LogP contribution in [-0.4, -0.2) is 13.1 Å². The molecule has 0 unspecified atom stereocenters. The van der Waals surface area contributed by atoms with E-state index in [2.05, 4.69) is 20.7 Å². The summed E-state index contributed by atoms with van der Waals surface area (Å²) < 4.78 is 18.1. The highest BCUT2D eigenvalue weighted by Crippen LogP contribution is 2.19. The van der Waals surface area contributed by atoms with Crippen molar-refractivity contribution >= 4 is 28.0 Å². The molecule has 0 radical (unpaired) electrons. The van der Waals surface area contributed by atoms with Crippen molar-refractivity contribution in [1.29, 1.82) is 0 Å². The molecule has 0 fully saturated rings. The van der Waals surface area contributed by atoms with E-state index in [0.717, 1.165) is 4.47 Å². The van der Waals surface area contributed by atoms with E-state index in [9.17, 15) is 9.18 Å². The van der Waals surface area contributed by atoms with Crippen LogP contribution in [0.25, 0.3) is 6.08 Å². The van der Waals surface area contributed by atoms with Gasteiger partial charge in [-0.15, -0.1) is 0 Å². The van der Waals surface area contributed by atoms with Crippen LogP contribution in [0.15, 0.2) is 28.7 Å². The first-order chi connectivity index (χ1) is 7.13. The van der Waals surface area contributed by atoms with Gasteiger partial charge in [-0.3, -0.25) is 4.79 Å². The lowest BCUT2D eigenvalue weighted by atomic mass is 10.2. The van der Waals surface area contributed by atoms with Crippen LogP contribution in [0.4, 0.5) is 4.39 Å². The summed E-state index contributed by atoms with van der Waals surface area (Å²) in [5.41, 5.74) is 0.693. The Morgan fingerprint density at radius 2 is 2.33 bits per heavy atom. The molecule has 0 heterocycles. The fourth-order valence-corrected chi connectivity index (χ4v) is 1.39. The SMILES string of the molecule is COC(=O)CC=Cc1cc(F)ccc1Br. The highest BCUT2D eigenvalue weighted by atomic mass is 79.9. The summed E-state index contributed by atoms with van der Waals surface area (Å²) in [6, 6.07) is 4.37. The molecule has 1 aromatic rings. The van der Waals surface area contributed by atoms with Gasteiger partial charge in [0.2, 0.25) is 0 Å². The number of rotatable bonds is 3. The topological polar surface area (TPSA) is 26.3 Å². The number of ether oxygens (including phenoxy) is 1. The lowest BCUT2D eigenvalue weighted by Crippen LogP contribution is -1.96. The molecule has 0 N–H and O–H groups in total. The maximum atomic E-state index is 12.9. The average molecular weight is 273 g/mol. The Balaban J connectivity index is 2.71. The summed E-state index contributed by atoms with van der Waals surface area (Å²) in [4.78, 5) is 10.8. The summed E-state index contributed by atoms with van der Waals surface area (Å²) in [6.07, 6.45) is 3.48. The molecule has 0 aliphatic rings. The predicted octanol–water partition coefficient (Wildman–Crippen LogP) is 3.16. The molecule has 0 aromatic heterocycles. The van der Waals surface area contributed by atoms with Gasteiger partial charge in [0.1, 0.15) is 5.82 Å². The largest absolute Gasteiger partial charge is 0.469 e. The molecule has 0 atom stereocenters. The van der Waals surface area contributed by atoms with Gasteiger partial charge in [-0.25, -0.2) is 4.39 Å². The lowest BCUT2D eigenvalue weighted by Gasteiger charge is -1.98. The Morgan fingerprint density at radius 3 is 3.00 bits per heavy atom. The van der Waals surface area contributed by atoms with Crippen molar-refractivity contribution in [2.45, 2.75) is 6.42 Å². The minimum atomic E-state index is -0.321. The first-order valence-corrected chi connectivity index (χ1v) is 5.11. The van der Waals surface area contributed by atoms with Crippen LogP contribution in [0.1, 0.15) is 12.0 Å². The Bertz CT molecular complexity index is 388. The molecule has 0 aliphatic carbocycles. The van der Waals surface area contributed by atoms with Gasteiger partial charge < -0.3 is 4.74 Å². The van der Waals surface area contributed by atoms with Crippen molar-refractivity contribution in [3.05, 3.63) is 40.1 Å².